The summed E-state index contributed by atoms with van der Waals surface area (Å²) in [6.45, 7) is 4.36. The predicted octanol–water partition coefficient (Wildman–Crippen LogP) is 4.62. The van der Waals surface area contributed by atoms with Crippen LogP contribution < -0.4 is 4.74 Å². The van der Waals surface area contributed by atoms with Gasteiger partial charge in [0.15, 0.2) is 0 Å². The SMILES string of the molecule is COc1ccc([C@@H]2CCCCCN2S(=O)(=O)c2cc(C)ccc2C)cc1. The Morgan fingerprint density at radius 1 is 1.00 bits per heavy atom. The number of aryl methyl sites for hydroxylation is 2. The molecule has 140 valence electrons. The van der Waals surface area contributed by atoms with Crippen LogP contribution in [0, 0.1) is 13.8 Å². The Balaban J connectivity index is 2.04. The zero-order chi connectivity index (χ0) is 18.7. The lowest BCUT2D eigenvalue weighted by Crippen LogP contribution is -2.35. The Bertz CT molecular complexity index is 859. The summed E-state index contributed by atoms with van der Waals surface area (Å²) in [5.74, 6) is 0.784. The molecule has 1 aliphatic rings. The molecule has 0 aliphatic carbocycles. The minimum Gasteiger partial charge on any atom is -0.497 e. The molecule has 1 atom stereocenters. The zero-order valence-corrected chi connectivity index (χ0v) is 16.6. The van der Waals surface area contributed by atoms with Gasteiger partial charge < -0.3 is 4.74 Å². The average molecular weight is 374 g/mol. The number of ether oxygens (including phenoxy) is 1. The van der Waals surface area contributed by atoms with Gasteiger partial charge in [0.05, 0.1) is 18.0 Å². The van der Waals surface area contributed by atoms with Crippen molar-refractivity contribution in [3.63, 3.8) is 0 Å². The molecule has 1 fully saturated rings. The van der Waals surface area contributed by atoms with Crippen LogP contribution in [0.2, 0.25) is 0 Å². The third kappa shape index (κ3) is 3.79. The van der Waals surface area contributed by atoms with E-state index < -0.39 is 10.0 Å². The molecule has 1 saturated heterocycles. The van der Waals surface area contributed by atoms with Crippen LogP contribution in [-0.4, -0.2) is 26.4 Å². The Kier molecular flexibility index (Phi) is 5.68. The first kappa shape index (κ1) is 18.9. The van der Waals surface area contributed by atoms with Crippen LogP contribution in [-0.2, 0) is 10.0 Å². The molecule has 1 heterocycles. The van der Waals surface area contributed by atoms with Crippen molar-refractivity contribution in [2.45, 2.75) is 50.5 Å². The average Bonchev–Trinajstić information content (AvgIpc) is 2.90. The molecule has 26 heavy (non-hydrogen) atoms. The van der Waals surface area contributed by atoms with Crippen molar-refractivity contribution in [3.8, 4) is 5.75 Å². The molecule has 0 unspecified atom stereocenters. The van der Waals surface area contributed by atoms with E-state index in [4.69, 9.17) is 4.74 Å². The van der Waals surface area contributed by atoms with Crippen molar-refractivity contribution < 1.29 is 13.2 Å². The molecular formula is C21H27NO3S. The second-order valence-electron chi connectivity index (χ2n) is 7.02. The summed E-state index contributed by atoms with van der Waals surface area (Å²) in [4.78, 5) is 0.429. The number of methoxy groups -OCH3 is 1. The molecule has 0 aromatic heterocycles. The van der Waals surface area contributed by atoms with Gasteiger partial charge in [-0.3, -0.25) is 0 Å². The monoisotopic (exact) mass is 373 g/mol. The summed E-state index contributed by atoms with van der Waals surface area (Å²) in [5, 5.41) is 0. The normalized spacial score (nSPS) is 19.1. The minimum atomic E-state index is -3.55. The Morgan fingerprint density at radius 2 is 1.73 bits per heavy atom. The second-order valence-corrected chi connectivity index (χ2v) is 8.88. The molecule has 2 aromatic rings. The van der Waals surface area contributed by atoms with Crippen molar-refractivity contribution in [2.75, 3.05) is 13.7 Å². The van der Waals surface area contributed by atoms with Gasteiger partial charge in [0.2, 0.25) is 10.0 Å². The van der Waals surface area contributed by atoms with Gasteiger partial charge in [-0.25, -0.2) is 8.42 Å². The number of benzene rings is 2. The van der Waals surface area contributed by atoms with Crippen LogP contribution in [0.15, 0.2) is 47.4 Å². The summed E-state index contributed by atoms with van der Waals surface area (Å²) < 4.78 is 34.0. The van der Waals surface area contributed by atoms with Gasteiger partial charge in [0.1, 0.15) is 5.75 Å². The van der Waals surface area contributed by atoms with E-state index in [2.05, 4.69) is 0 Å². The van der Waals surface area contributed by atoms with Crippen molar-refractivity contribution in [2.24, 2.45) is 0 Å². The van der Waals surface area contributed by atoms with Gasteiger partial charge >= 0.3 is 0 Å². The van der Waals surface area contributed by atoms with Crippen molar-refractivity contribution in [1.29, 1.82) is 0 Å². The largest absolute Gasteiger partial charge is 0.497 e. The molecule has 4 nitrogen and oxygen atoms in total. The van der Waals surface area contributed by atoms with E-state index in [1.54, 1.807) is 17.5 Å². The highest BCUT2D eigenvalue weighted by Crippen LogP contribution is 2.36. The van der Waals surface area contributed by atoms with Crippen LogP contribution in [0.25, 0.3) is 0 Å². The van der Waals surface area contributed by atoms with Crippen LogP contribution in [0.1, 0.15) is 48.4 Å². The Labute approximate surface area is 156 Å². The lowest BCUT2D eigenvalue weighted by atomic mass is 10.0. The molecule has 0 bridgehead atoms. The molecule has 0 N–H and O–H groups in total. The fourth-order valence-electron chi connectivity index (χ4n) is 3.64. The first-order valence-electron chi connectivity index (χ1n) is 9.16. The van der Waals surface area contributed by atoms with Crippen molar-refractivity contribution in [1.82, 2.24) is 4.31 Å². The molecule has 0 amide bonds. The van der Waals surface area contributed by atoms with E-state index >= 15 is 0 Å². The zero-order valence-electron chi connectivity index (χ0n) is 15.7. The van der Waals surface area contributed by atoms with Gasteiger partial charge in [-0.1, -0.05) is 37.1 Å². The maximum absolute atomic E-state index is 13.5. The van der Waals surface area contributed by atoms with E-state index in [1.165, 1.54) is 0 Å². The van der Waals surface area contributed by atoms with Gasteiger partial charge in [-0.05, 0) is 61.6 Å². The molecule has 1 aliphatic heterocycles. The maximum Gasteiger partial charge on any atom is 0.243 e. The summed E-state index contributed by atoms with van der Waals surface area (Å²) in [6, 6.07) is 13.3. The summed E-state index contributed by atoms with van der Waals surface area (Å²) in [5.41, 5.74) is 2.79. The Hall–Kier alpha value is -1.85. The number of rotatable bonds is 4. The second kappa shape index (κ2) is 7.80. The first-order chi connectivity index (χ1) is 12.4. The van der Waals surface area contributed by atoms with Crippen LogP contribution in [0.5, 0.6) is 5.75 Å². The standard InChI is InChI=1S/C21H27NO3S/c1-16-8-9-17(2)21(15-16)26(23,24)22-14-6-4-5-7-20(22)18-10-12-19(25-3)13-11-18/h8-13,15,20H,4-7,14H2,1-3H3/t20-/m0/s1. The molecule has 0 saturated carbocycles. The van der Waals surface area contributed by atoms with Crippen molar-refractivity contribution in [3.05, 3.63) is 59.2 Å². The van der Waals surface area contributed by atoms with Gasteiger partial charge in [-0.15, -0.1) is 0 Å². The number of sulfonamides is 1. The highest BCUT2D eigenvalue weighted by molar-refractivity contribution is 7.89. The smallest absolute Gasteiger partial charge is 0.243 e. The Morgan fingerprint density at radius 3 is 2.42 bits per heavy atom. The highest BCUT2D eigenvalue weighted by Gasteiger charge is 2.34. The number of nitrogens with zero attached hydrogens (tertiary/aromatic N) is 1. The molecule has 0 radical (unpaired) electrons. The molecule has 0 spiro atoms. The maximum atomic E-state index is 13.5. The molecule has 3 rings (SSSR count). The highest BCUT2D eigenvalue weighted by atomic mass is 32.2. The van der Waals surface area contributed by atoms with Crippen molar-refractivity contribution >= 4 is 10.0 Å². The molecular weight excluding hydrogens is 346 g/mol. The third-order valence-electron chi connectivity index (χ3n) is 5.13. The molecule has 2 aromatic carbocycles. The van der Waals surface area contributed by atoms with E-state index in [0.29, 0.717) is 11.4 Å². The number of hydrogen-bond donors (Lipinski definition) is 0. The number of hydrogen-bond acceptors (Lipinski definition) is 3. The molecule has 5 heteroatoms. The van der Waals surface area contributed by atoms with Gasteiger partial charge in [0.25, 0.3) is 0 Å². The summed E-state index contributed by atoms with van der Waals surface area (Å²) in [7, 11) is -1.91. The fourth-order valence-corrected chi connectivity index (χ4v) is 5.63. The van der Waals surface area contributed by atoms with E-state index in [0.717, 1.165) is 48.1 Å². The van der Waals surface area contributed by atoms with E-state index in [-0.39, 0.29) is 6.04 Å². The lowest BCUT2D eigenvalue weighted by molar-refractivity contribution is 0.328. The quantitative estimate of drug-likeness (QED) is 0.786. The topological polar surface area (TPSA) is 46.6 Å². The third-order valence-corrected chi connectivity index (χ3v) is 7.18. The van der Waals surface area contributed by atoms with Crippen LogP contribution in [0.3, 0.4) is 0 Å². The van der Waals surface area contributed by atoms with Crippen LogP contribution >= 0.6 is 0 Å². The van der Waals surface area contributed by atoms with E-state index in [1.807, 2.05) is 50.2 Å². The fraction of sp³-hybridized carbons (Fsp3) is 0.429. The lowest BCUT2D eigenvalue weighted by Gasteiger charge is -2.30. The summed E-state index contributed by atoms with van der Waals surface area (Å²) >= 11 is 0. The van der Waals surface area contributed by atoms with Crippen LogP contribution in [0.4, 0.5) is 0 Å². The van der Waals surface area contributed by atoms with Gasteiger partial charge in [-0.2, -0.15) is 4.31 Å². The first-order valence-corrected chi connectivity index (χ1v) is 10.6. The van der Waals surface area contributed by atoms with E-state index in [9.17, 15) is 8.42 Å². The minimum absolute atomic E-state index is 0.131. The van der Waals surface area contributed by atoms with Gasteiger partial charge in [0, 0.05) is 6.54 Å². The summed E-state index contributed by atoms with van der Waals surface area (Å²) in [6.07, 6.45) is 3.84. The predicted molar refractivity (Wildman–Crippen MR) is 104 cm³/mol.